The number of imidazole rings is 1. The summed E-state index contributed by atoms with van der Waals surface area (Å²) < 4.78 is 7.22. The Morgan fingerprint density at radius 2 is 1.81 bits per heavy atom. The molecule has 0 aliphatic carbocycles. The maximum atomic E-state index is 6.07. The smallest absolute Gasteiger partial charge is 0.229 e. The standard InChI is InChI=1S/C19H16ClN5O/c1-25-16-6-4-3-5-15(16)23-19(25)24-18-21-10-13(11-22-18)12-7-8-14(20)17(9-12)26-2/h3-11H,1-2H3,(H,21,22,23,24). The summed E-state index contributed by atoms with van der Waals surface area (Å²) in [5, 5.41) is 3.72. The third-order valence-corrected chi connectivity index (χ3v) is 4.46. The molecule has 26 heavy (non-hydrogen) atoms. The van der Waals surface area contributed by atoms with Crippen LogP contribution in [0.2, 0.25) is 5.02 Å². The van der Waals surface area contributed by atoms with Crippen molar-refractivity contribution in [2.24, 2.45) is 7.05 Å². The van der Waals surface area contributed by atoms with Crippen LogP contribution in [-0.2, 0) is 7.05 Å². The molecule has 7 heteroatoms. The molecule has 0 aliphatic rings. The van der Waals surface area contributed by atoms with E-state index >= 15 is 0 Å². The zero-order chi connectivity index (χ0) is 18.1. The quantitative estimate of drug-likeness (QED) is 0.579. The second kappa shape index (κ2) is 6.65. The molecule has 0 aliphatic heterocycles. The zero-order valence-corrected chi connectivity index (χ0v) is 15.0. The second-order valence-electron chi connectivity index (χ2n) is 5.75. The van der Waals surface area contributed by atoms with Crippen molar-refractivity contribution in [2.75, 3.05) is 12.4 Å². The fourth-order valence-corrected chi connectivity index (χ4v) is 2.93. The summed E-state index contributed by atoms with van der Waals surface area (Å²) in [5.74, 6) is 1.78. The number of para-hydroxylation sites is 2. The number of methoxy groups -OCH3 is 1. The lowest BCUT2D eigenvalue weighted by molar-refractivity contribution is 0.415. The molecule has 0 saturated heterocycles. The number of aryl methyl sites for hydroxylation is 1. The van der Waals surface area contributed by atoms with Gasteiger partial charge in [-0.3, -0.25) is 5.32 Å². The van der Waals surface area contributed by atoms with Crippen LogP contribution in [0.4, 0.5) is 11.9 Å². The highest BCUT2D eigenvalue weighted by Crippen LogP contribution is 2.30. The van der Waals surface area contributed by atoms with Gasteiger partial charge in [-0.15, -0.1) is 0 Å². The fourth-order valence-electron chi connectivity index (χ4n) is 2.74. The molecule has 1 N–H and O–H groups in total. The first kappa shape index (κ1) is 16.4. The predicted molar refractivity (Wildman–Crippen MR) is 103 cm³/mol. The molecule has 4 aromatic rings. The van der Waals surface area contributed by atoms with Gasteiger partial charge in [0.05, 0.1) is 23.2 Å². The largest absolute Gasteiger partial charge is 0.495 e. The van der Waals surface area contributed by atoms with Crippen LogP contribution < -0.4 is 10.1 Å². The highest BCUT2D eigenvalue weighted by Gasteiger charge is 2.09. The molecule has 4 rings (SSSR count). The van der Waals surface area contributed by atoms with Gasteiger partial charge in [-0.2, -0.15) is 0 Å². The third kappa shape index (κ3) is 2.95. The molecule has 0 fully saturated rings. The van der Waals surface area contributed by atoms with Gasteiger partial charge >= 0.3 is 0 Å². The van der Waals surface area contributed by atoms with E-state index in [2.05, 4.69) is 20.3 Å². The summed E-state index contributed by atoms with van der Waals surface area (Å²) >= 11 is 6.07. The molecule has 0 unspecified atom stereocenters. The maximum Gasteiger partial charge on any atom is 0.229 e. The van der Waals surface area contributed by atoms with Crippen LogP contribution in [0.5, 0.6) is 5.75 Å². The first-order valence-electron chi connectivity index (χ1n) is 8.00. The number of anilines is 2. The second-order valence-corrected chi connectivity index (χ2v) is 6.16. The molecule has 0 amide bonds. The van der Waals surface area contributed by atoms with Gasteiger partial charge in [0, 0.05) is 25.0 Å². The number of halogens is 1. The molecule has 0 atom stereocenters. The Bertz CT molecular complexity index is 1080. The molecule has 6 nitrogen and oxygen atoms in total. The van der Waals surface area contributed by atoms with Crippen molar-refractivity contribution in [1.29, 1.82) is 0 Å². The molecule has 2 aromatic carbocycles. The summed E-state index contributed by atoms with van der Waals surface area (Å²) in [7, 11) is 3.54. The molecule has 2 aromatic heterocycles. The monoisotopic (exact) mass is 365 g/mol. The van der Waals surface area contributed by atoms with E-state index in [0.717, 1.165) is 22.2 Å². The van der Waals surface area contributed by atoms with E-state index in [-0.39, 0.29) is 0 Å². The number of fused-ring (bicyclic) bond motifs is 1. The first-order chi connectivity index (χ1) is 12.7. The van der Waals surface area contributed by atoms with E-state index in [1.165, 1.54) is 0 Å². The van der Waals surface area contributed by atoms with E-state index in [1.807, 2.05) is 48.0 Å². The van der Waals surface area contributed by atoms with Gasteiger partial charge in [0.1, 0.15) is 5.75 Å². The van der Waals surface area contributed by atoms with Crippen LogP contribution in [0.3, 0.4) is 0 Å². The van der Waals surface area contributed by atoms with Crippen molar-refractivity contribution in [3.63, 3.8) is 0 Å². The maximum absolute atomic E-state index is 6.07. The number of hydrogen-bond donors (Lipinski definition) is 1. The lowest BCUT2D eigenvalue weighted by atomic mass is 10.1. The number of rotatable bonds is 4. The number of nitrogens with zero attached hydrogens (tertiary/aromatic N) is 4. The van der Waals surface area contributed by atoms with Crippen molar-refractivity contribution in [2.45, 2.75) is 0 Å². The lowest BCUT2D eigenvalue weighted by Gasteiger charge is -2.08. The van der Waals surface area contributed by atoms with Crippen LogP contribution in [-0.4, -0.2) is 26.6 Å². The van der Waals surface area contributed by atoms with Gasteiger partial charge in [0.2, 0.25) is 11.9 Å². The minimum Gasteiger partial charge on any atom is -0.495 e. The average molecular weight is 366 g/mol. The fraction of sp³-hybridized carbons (Fsp3) is 0.105. The molecule has 0 radical (unpaired) electrons. The van der Waals surface area contributed by atoms with E-state index in [4.69, 9.17) is 16.3 Å². The first-order valence-corrected chi connectivity index (χ1v) is 8.38. The average Bonchev–Trinajstić information content (AvgIpc) is 2.99. The van der Waals surface area contributed by atoms with Crippen molar-refractivity contribution in [1.82, 2.24) is 19.5 Å². The van der Waals surface area contributed by atoms with Crippen LogP contribution in [0, 0.1) is 0 Å². The molecule has 2 heterocycles. The number of hydrogen-bond acceptors (Lipinski definition) is 5. The summed E-state index contributed by atoms with van der Waals surface area (Å²) in [5.41, 5.74) is 3.76. The van der Waals surface area contributed by atoms with Gasteiger partial charge in [-0.05, 0) is 29.8 Å². The Morgan fingerprint density at radius 1 is 1.04 bits per heavy atom. The van der Waals surface area contributed by atoms with E-state index in [1.54, 1.807) is 25.6 Å². The van der Waals surface area contributed by atoms with Gasteiger partial charge in [0.15, 0.2) is 0 Å². The molecular weight excluding hydrogens is 350 g/mol. The third-order valence-electron chi connectivity index (χ3n) is 4.15. The molecular formula is C19H16ClN5O. The summed E-state index contributed by atoms with van der Waals surface area (Å²) in [6.45, 7) is 0. The molecule has 130 valence electrons. The van der Waals surface area contributed by atoms with E-state index < -0.39 is 0 Å². The summed E-state index contributed by atoms with van der Waals surface area (Å²) in [6, 6.07) is 13.5. The van der Waals surface area contributed by atoms with Crippen molar-refractivity contribution in [3.8, 4) is 16.9 Å². The van der Waals surface area contributed by atoms with Crippen LogP contribution in [0.1, 0.15) is 0 Å². The van der Waals surface area contributed by atoms with Crippen LogP contribution in [0.25, 0.3) is 22.2 Å². The number of nitrogens with one attached hydrogen (secondary N) is 1. The zero-order valence-electron chi connectivity index (χ0n) is 14.3. The normalized spacial score (nSPS) is 10.9. The van der Waals surface area contributed by atoms with Crippen molar-refractivity contribution < 1.29 is 4.74 Å². The SMILES string of the molecule is COc1cc(-c2cnc(Nc3nc4ccccc4n3C)nc2)ccc1Cl. The minimum atomic E-state index is 0.480. The van der Waals surface area contributed by atoms with Gasteiger partial charge < -0.3 is 9.30 Å². The van der Waals surface area contributed by atoms with Crippen LogP contribution in [0.15, 0.2) is 54.9 Å². The van der Waals surface area contributed by atoms with Gasteiger partial charge in [-0.25, -0.2) is 15.0 Å². The Balaban J connectivity index is 1.60. The minimum absolute atomic E-state index is 0.480. The highest BCUT2D eigenvalue weighted by molar-refractivity contribution is 6.32. The Morgan fingerprint density at radius 3 is 2.54 bits per heavy atom. The lowest BCUT2D eigenvalue weighted by Crippen LogP contribution is -2.02. The molecule has 0 saturated carbocycles. The number of ether oxygens (including phenoxy) is 1. The molecule has 0 spiro atoms. The predicted octanol–water partition coefficient (Wildman–Crippen LogP) is 4.44. The van der Waals surface area contributed by atoms with Crippen molar-refractivity contribution >= 4 is 34.5 Å². The van der Waals surface area contributed by atoms with Gasteiger partial charge in [-0.1, -0.05) is 29.8 Å². The van der Waals surface area contributed by atoms with Crippen LogP contribution >= 0.6 is 11.6 Å². The van der Waals surface area contributed by atoms with E-state index in [9.17, 15) is 0 Å². The topological polar surface area (TPSA) is 64.9 Å². The summed E-state index contributed by atoms with van der Waals surface area (Å²) in [4.78, 5) is 13.3. The summed E-state index contributed by atoms with van der Waals surface area (Å²) in [6.07, 6.45) is 3.50. The number of benzene rings is 2. The van der Waals surface area contributed by atoms with Gasteiger partial charge in [0.25, 0.3) is 0 Å². The molecule has 0 bridgehead atoms. The van der Waals surface area contributed by atoms with E-state index in [0.29, 0.717) is 22.7 Å². The Labute approximate surface area is 155 Å². The Kier molecular flexibility index (Phi) is 4.18. The highest BCUT2D eigenvalue weighted by atomic mass is 35.5. The van der Waals surface area contributed by atoms with Crippen molar-refractivity contribution in [3.05, 3.63) is 59.9 Å². The Hall–Kier alpha value is -3.12. The number of aromatic nitrogens is 4.